The van der Waals surface area contributed by atoms with E-state index in [4.69, 9.17) is 10.2 Å². The highest BCUT2D eigenvalue weighted by molar-refractivity contribution is 6.05. The Hall–Kier alpha value is -4.59. The number of aromatic hydroxyl groups is 1. The summed E-state index contributed by atoms with van der Waals surface area (Å²) in [6.45, 7) is 0.454. The van der Waals surface area contributed by atoms with Crippen LogP contribution in [-0.4, -0.2) is 33.4 Å². The van der Waals surface area contributed by atoms with Crippen molar-refractivity contribution in [3.05, 3.63) is 95.0 Å². The maximum Gasteiger partial charge on any atom is 0.252 e. The number of H-pyrrole nitrogens is 1. The Morgan fingerprint density at radius 2 is 1.82 bits per heavy atom. The zero-order valence-corrected chi connectivity index (χ0v) is 18.2. The number of fused-ring (bicyclic) bond motifs is 2. The third kappa shape index (κ3) is 4.09. The second-order valence-electron chi connectivity index (χ2n) is 8.00. The number of rotatable bonds is 7. The Bertz CT molecular complexity index is 1480. The van der Waals surface area contributed by atoms with E-state index in [1.807, 2.05) is 24.3 Å². The van der Waals surface area contributed by atoms with Crippen molar-refractivity contribution in [2.75, 3.05) is 6.54 Å². The molecule has 0 aliphatic carbocycles. The predicted octanol–water partition coefficient (Wildman–Crippen LogP) is 3.68. The molecule has 2 amide bonds. The summed E-state index contributed by atoms with van der Waals surface area (Å²) in [6.07, 6.45) is 0.893. The number of aromatic amines is 1. The first-order valence-electron chi connectivity index (χ1n) is 10.8. The Morgan fingerprint density at radius 3 is 2.59 bits per heavy atom. The summed E-state index contributed by atoms with van der Waals surface area (Å²) in [6, 6.07) is 19.7. The van der Waals surface area contributed by atoms with Crippen molar-refractivity contribution >= 4 is 33.8 Å². The van der Waals surface area contributed by atoms with Crippen molar-refractivity contribution in [3.8, 4) is 5.75 Å². The summed E-state index contributed by atoms with van der Waals surface area (Å²) in [7, 11) is 0. The SMILES string of the molecule is NC(=O)c1cccc2c(O)c(Cc3ccc(C(=O)NCCc4nc5ccccc5[nH]4)cc3)oc12. The molecule has 5 aromatic rings. The van der Waals surface area contributed by atoms with Crippen LogP contribution in [0.1, 0.15) is 37.9 Å². The van der Waals surface area contributed by atoms with Gasteiger partial charge >= 0.3 is 0 Å². The number of benzene rings is 3. The number of nitrogens with two attached hydrogens (primary N) is 1. The van der Waals surface area contributed by atoms with Crippen molar-refractivity contribution in [1.29, 1.82) is 0 Å². The smallest absolute Gasteiger partial charge is 0.252 e. The fourth-order valence-corrected chi connectivity index (χ4v) is 3.95. The van der Waals surface area contributed by atoms with Gasteiger partial charge in [0.15, 0.2) is 17.1 Å². The van der Waals surface area contributed by atoms with Crippen molar-refractivity contribution in [2.45, 2.75) is 12.8 Å². The van der Waals surface area contributed by atoms with E-state index < -0.39 is 5.91 Å². The fraction of sp³-hybridized carbons (Fsp3) is 0.115. The van der Waals surface area contributed by atoms with Gasteiger partial charge in [0.25, 0.3) is 11.8 Å². The third-order valence-corrected chi connectivity index (χ3v) is 5.69. The molecule has 0 aliphatic heterocycles. The molecular formula is C26H22N4O4. The average molecular weight is 454 g/mol. The average Bonchev–Trinajstić information content (AvgIpc) is 3.40. The van der Waals surface area contributed by atoms with Crippen molar-refractivity contribution in [3.63, 3.8) is 0 Å². The van der Waals surface area contributed by atoms with Gasteiger partial charge < -0.3 is 25.6 Å². The van der Waals surface area contributed by atoms with Gasteiger partial charge in [-0.3, -0.25) is 9.59 Å². The predicted molar refractivity (Wildman–Crippen MR) is 128 cm³/mol. The van der Waals surface area contributed by atoms with E-state index in [-0.39, 0.29) is 22.8 Å². The highest BCUT2D eigenvalue weighted by Gasteiger charge is 2.18. The molecule has 5 N–H and O–H groups in total. The van der Waals surface area contributed by atoms with Gasteiger partial charge in [0.1, 0.15) is 5.82 Å². The van der Waals surface area contributed by atoms with Crippen molar-refractivity contribution < 1.29 is 19.1 Å². The number of furan rings is 1. The minimum Gasteiger partial charge on any atom is -0.504 e. The van der Waals surface area contributed by atoms with E-state index >= 15 is 0 Å². The van der Waals surface area contributed by atoms with Gasteiger partial charge in [-0.05, 0) is 42.0 Å². The Labute approximate surface area is 194 Å². The van der Waals surface area contributed by atoms with E-state index in [9.17, 15) is 14.7 Å². The van der Waals surface area contributed by atoms with E-state index in [1.165, 1.54) is 0 Å². The Morgan fingerprint density at radius 1 is 1.03 bits per heavy atom. The van der Waals surface area contributed by atoms with Crippen molar-refractivity contribution in [2.24, 2.45) is 5.73 Å². The number of hydrogen-bond donors (Lipinski definition) is 4. The summed E-state index contributed by atoms with van der Waals surface area (Å²) in [5, 5.41) is 13.9. The van der Waals surface area contributed by atoms with E-state index in [0.717, 1.165) is 22.4 Å². The number of carbonyl (C=O) groups excluding carboxylic acids is 2. The molecule has 2 aromatic heterocycles. The highest BCUT2D eigenvalue weighted by Crippen LogP contribution is 2.35. The van der Waals surface area contributed by atoms with Crippen LogP contribution >= 0.6 is 0 Å². The maximum absolute atomic E-state index is 12.5. The van der Waals surface area contributed by atoms with Crippen LogP contribution in [0.25, 0.3) is 22.0 Å². The van der Waals surface area contributed by atoms with Crippen LogP contribution in [0.2, 0.25) is 0 Å². The van der Waals surface area contributed by atoms with E-state index in [2.05, 4.69) is 15.3 Å². The van der Waals surface area contributed by atoms with Gasteiger partial charge in [-0.25, -0.2) is 4.98 Å². The number of primary amides is 1. The first-order chi connectivity index (χ1) is 16.5. The molecule has 0 saturated heterocycles. The molecule has 0 saturated carbocycles. The molecule has 2 heterocycles. The number of aromatic nitrogens is 2. The number of nitrogens with zero attached hydrogens (tertiary/aromatic N) is 1. The van der Waals surface area contributed by atoms with Crippen LogP contribution in [0.4, 0.5) is 0 Å². The molecule has 0 bridgehead atoms. The summed E-state index contributed by atoms with van der Waals surface area (Å²) in [5.74, 6) is 0.321. The minimum atomic E-state index is -0.624. The van der Waals surface area contributed by atoms with Crippen LogP contribution < -0.4 is 11.1 Å². The molecule has 8 heteroatoms. The van der Waals surface area contributed by atoms with Crippen LogP contribution in [0.3, 0.4) is 0 Å². The third-order valence-electron chi connectivity index (χ3n) is 5.69. The largest absolute Gasteiger partial charge is 0.504 e. The molecule has 5 rings (SSSR count). The number of nitrogens with one attached hydrogen (secondary N) is 2. The fourth-order valence-electron chi connectivity index (χ4n) is 3.95. The first kappa shape index (κ1) is 21.3. The molecule has 0 spiro atoms. The van der Waals surface area contributed by atoms with Gasteiger partial charge in [0.2, 0.25) is 0 Å². The van der Waals surface area contributed by atoms with Crippen LogP contribution in [0, 0.1) is 0 Å². The summed E-state index contributed by atoms with van der Waals surface area (Å²) >= 11 is 0. The molecule has 0 unspecified atom stereocenters. The molecule has 34 heavy (non-hydrogen) atoms. The Kier molecular flexibility index (Phi) is 5.47. The molecule has 3 aromatic carbocycles. The Balaban J connectivity index is 1.23. The lowest BCUT2D eigenvalue weighted by molar-refractivity contribution is 0.0952. The lowest BCUT2D eigenvalue weighted by Crippen LogP contribution is -2.25. The number of imidazole rings is 1. The molecule has 0 fully saturated rings. The van der Waals surface area contributed by atoms with E-state index in [1.54, 1.807) is 42.5 Å². The summed E-state index contributed by atoms with van der Waals surface area (Å²) in [5.41, 5.74) is 9.13. The van der Waals surface area contributed by atoms with Crippen LogP contribution in [-0.2, 0) is 12.8 Å². The molecular weight excluding hydrogens is 432 g/mol. The standard InChI is InChI=1S/C26H22N4O4/c27-25(32)18-5-3-4-17-23(31)21(34-24(17)18)14-15-8-10-16(11-9-15)26(33)28-13-12-22-29-19-6-1-2-7-20(19)30-22/h1-11,31H,12-14H2,(H2,27,32)(H,28,33)(H,29,30). The topological polar surface area (TPSA) is 134 Å². The van der Waals surface area contributed by atoms with Crippen molar-refractivity contribution in [1.82, 2.24) is 15.3 Å². The second kappa shape index (κ2) is 8.74. The molecule has 0 atom stereocenters. The zero-order valence-electron chi connectivity index (χ0n) is 18.2. The normalized spacial score (nSPS) is 11.2. The number of carbonyl (C=O) groups is 2. The molecule has 0 aliphatic rings. The van der Waals surface area contributed by atoms with Gasteiger partial charge in [0.05, 0.1) is 22.0 Å². The lowest BCUT2D eigenvalue weighted by atomic mass is 10.1. The quantitative estimate of drug-likeness (QED) is 0.298. The second-order valence-corrected chi connectivity index (χ2v) is 8.00. The van der Waals surface area contributed by atoms with E-state index in [0.29, 0.717) is 36.1 Å². The first-order valence-corrected chi connectivity index (χ1v) is 10.8. The van der Waals surface area contributed by atoms with Crippen LogP contribution in [0.15, 0.2) is 71.1 Å². The highest BCUT2D eigenvalue weighted by atomic mass is 16.4. The van der Waals surface area contributed by atoms with Gasteiger partial charge in [-0.1, -0.05) is 30.3 Å². The molecule has 170 valence electrons. The molecule has 8 nitrogen and oxygen atoms in total. The number of amides is 2. The van der Waals surface area contributed by atoms with Crippen LogP contribution in [0.5, 0.6) is 5.75 Å². The van der Waals surface area contributed by atoms with Gasteiger partial charge in [-0.2, -0.15) is 0 Å². The number of para-hydroxylation sites is 3. The van der Waals surface area contributed by atoms with Gasteiger partial charge in [0, 0.05) is 24.9 Å². The summed E-state index contributed by atoms with van der Waals surface area (Å²) in [4.78, 5) is 31.9. The zero-order chi connectivity index (χ0) is 23.7. The monoisotopic (exact) mass is 454 g/mol. The maximum atomic E-state index is 12.5. The number of hydrogen-bond acceptors (Lipinski definition) is 5. The lowest BCUT2D eigenvalue weighted by Gasteiger charge is -2.05. The molecule has 0 radical (unpaired) electrons. The van der Waals surface area contributed by atoms with Gasteiger partial charge in [-0.15, -0.1) is 0 Å². The minimum absolute atomic E-state index is 0.0227. The summed E-state index contributed by atoms with van der Waals surface area (Å²) < 4.78 is 5.75.